The highest BCUT2D eigenvalue weighted by atomic mass is 35.5. The van der Waals surface area contributed by atoms with Crippen LogP contribution in [0.1, 0.15) is 12.5 Å². The smallest absolute Gasteiger partial charge is 0.319 e. The van der Waals surface area contributed by atoms with E-state index in [4.69, 9.17) is 21.4 Å². The number of carbonyl (C=O) groups excluding carboxylic acids is 1. The van der Waals surface area contributed by atoms with Gasteiger partial charge < -0.3 is 9.79 Å². The number of benzene rings is 1. The van der Waals surface area contributed by atoms with Crippen molar-refractivity contribution in [2.75, 3.05) is 0 Å². The van der Waals surface area contributed by atoms with E-state index >= 15 is 0 Å². The third kappa shape index (κ3) is 3.72. The van der Waals surface area contributed by atoms with E-state index in [-0.39, 0.29) is 0 Å². The maximum Gasteiger partial charge on any atom is 0.391 e. The lowest BCUT2D eigenvalue weighted by molar-refractivity contribution is -0.116. The predicted octanol–water partition coefficient (Wildman–Crippen LogP) is 2.22. The molecule has 16 heavy (non-hydrogen) atoms. The molecule has 0 amide bonds. The molecule has 2 N–H and O–H groups in total. The van der Waals surface area contributed by atoms with Crippen LogP contribution < -0.4 is 0 Å². The van der Waals surface area contributed by atoms with E-state index in [1.54, 1.807) is 24.3 Å². The summed E-state index contributed by atoms with van der Waals surface area (Å²) in [6.45, 7) is 1.50. The summed E-state index contributed by atoms with van der Waals surface area (Å²) in [6.07, 6.45) is 0.293. The molecule has 0 spiro atoms. The molecule has 0 bridgehead atoms. The number of carbonyl (C=O) groups is 1. The monoisotopic (exact) mass is 262 g/mol. The van der Waals surface area contributed by atoms with Crippen molar-refractivity contribution in [3.63, 3.8) is 0 Å². The van der Waals surface area contributed by atoms with E-state index in [2.05, 4.69) is 0 Å². The second kappa shape index (κ2) is 5.11. The largest absolute Gasteiger partial charge is 0.391 e. The Hall–Kier alpha value is -0.670. The standard InChI is InChI=1S/C10H12ClO4P/c1-7(10(12)16(13,14)15)6-8-2-4-9(11)5-3-8/h2-5,7H,6H2,1H3,(H2,13,14,15). The molecule has 0 aromatic heterocycles. The first-order valence-electron chi connectivity index (χ1n) is 4.65. The molecule has 4 nitrogen and oxygen atoms in total. The van der Waals surface area contributed by atoms with Crippen LogP contribution in [-0.4, -0.2) is 15.3 Å². The summed E-state index contributed by atoms with van der Waals surface area (Å²) in [6, 6.07) is 6.80. The molecular weight excluding hydrogens is 251 g/mol. The van der Waals surface area contributed by atoms with Crippen LogP contribution in [0.25, 0.3) is 0 Å². The molecule has 0 fully saturated rings. The predicted molar refractivity (Wildman–Crippen MR) is 61.4 cm³/mol. The van der Waals surface area contributed by atoms with Crippen LogP contribution in [0.2, 0.25) is 5.02 Å². The van der Waals surface area contributed by atoms with Crippen LogP contribution in [0.15, 0.2) is 24.3 Å². The van der Waals surface area contributed by atoms with Crippen molar-refractivity contribution in [2.45, 2.75) is 13.3 Å². The fourth-order valence-corrected chi connectivity index (χ4v) is 2.14. The Labute approximate surface area is 98.4 Å². The van der Waals surface area contributed by atoms with Gasteiger partial charge in [-0.25, -0.2) is 0 Å². The SMILES string of the molecule is CC(Cc1ccc(Cl)cc1)C(=O)P(=O)(O)O. The van der Waals surface area contributed by atoms with E-state index in [9.17, 15) is 9.36 Å². The van der Waals surface area contributed by atoms with Gasteiger partial charge in [-0.15, -0.1) is 0 Å². The minimum absolute atomic E-state index is 0.293. The van der Waals surface area contributed by atoms with Gasteiger partial charge in [-0.1, -0.05) is 30.7 Å². The van der Waals surface area contributed by atoms with E-state index in [1.165, 1.54) is 6.92 Å². The topological polar surface area (TPSA) is 74.6 Å². The maximum absolute atomic E-state index is 11.2. The second-order valence-corrected chi connectivity index (χ2v) is 5.58. The summed E-state index contributed by atoms with van der Waals surface area (Å²) in [5.41, 5.74) is -0.207. The van der Waals surface area contributed by atoms with Crippen molar-refractivity contribution in [3.05, 3.63) is 34.9 Å². The number of hydrogen-bond donors (Lipinski definition) is 2. The molecule has 1 rings (SSSR count). The maximum atomic E-state index is 11.2. The molecule has 0 saturated heterocycles. The highest BCUT2D eigenvalue weighted by Crippen LogP contribution is 2.39. The second-order valence-electron chi connectivity index (χ2n) is 3.61. The minimum atomic E-state index is -4.62. The summed E-state index contributed by atoms with van der Waals surface area (Å²) in [5, 5.41) is 0.581. The molecule has 0 aliphatic heterocycles. The molecule has 0 heterocycles. The van der Waals surface area contributed by atoms with Gasteiger partial charge >= 0.3 is 7.60 Å². The van der Waals surface area contributed by atoms with Gasteiger partial charge in [-0.05, 0) is 24.1 Å². The molecular formula is C10H12ClO4P. The minimum Gasteiger partial charge on any atom is -0.319 e. The molecule has 0 saturated carbocycles. The molecule has 1 aromatic rings. The number of halogens is 1. The third-order valence-corrected chi connectivity index (χ3v) is 3.43. The molecule has 0 aliphatic rings. The van der Waals surface area contributed by atoms with Gasteiger partial charge in [-0.3, -0.25) is 9.36 Å². The van der Waals surface area contributed by atoms with Crippen LogP contribution >= 0.6 is 19.2 Å². The molecule has 0 aliphatic carbocycles. The highest BCUT2D eigenvalue weighted by molar-refractivity contribution is 7.70. The van der Waals surface area contributed by atoms with E-state index in [0.717, 1.165) is 5.56 Å². The van der Waals surface area contributed by atoms with Gasteiger partial charge in [-0.2, -0.15) is 0 Å². The molecule has 1 aromatic carbocycles. The van der Waals surface area contributed by atoms with Gasteiger partial charge in [0.1, 0.15) is 0 Å². The average molecular weight is 263 g/mol. The van der Waals surface area contributed by atoms with Gasteiger partial charge in [0.15, 0.2) is 0 Å². The summed E-state index contributed by atoms with van der Waals surface area (Å²) >= 11 is 5.69. The van der Waals surface area contributed by atoms with Crippen LogP contribution in [0.3, 0.4) is 0 Å². The number of hydrogen-bond acceptors (Lipinski definition) is 2. The van der Waals surface area contributed by atoms with E-state index < -0.39 is 19.0 Å². The Balaban J connectivity index is 2.72. The normalized spacial score (nSPS) is 13.5. The summed E-state index contributed by atoms with van der Waals surface area (Å²) in [7, 11) is -4.62. The van der Waals surface area contributed by atoms with Crippen molar-refractivity contribution in [3.8, 4) is 0 Å². The van der Waals surface area contributed by atoms with Gasteiger partial charge in [0.2, 0.25) is 5.52 Å². The summed E-state index contributed by atoms with van der Waals surface area (Å²) in [4.78, 5) is 28.7. The van der Waals surface area contributed by atoms with Crippen LogP contribution in [0, 0.1) is 5.92 Å². The zero-order chi connectivity index (χ0) is 12.3. The lowest BCUT2D eigenvalue weighted by Crippen LogP contribution is -2.13. The van der Waals surface area contributed by atoms with Crippen molar-refractivity contribution >= 4 is 24.7 Å². The van der Waals surface area contributed by atoms with Crippen molar-refractivity contribution in [1.29, 1.82) is 0 Å². The Morgan fingerprint density at radius 3 is 2.31 bits per heavy atom. The van der Waals surface area contributed by atoms with Gasteiger partial charge in [0.05, 0.1) is 0 Å². The molecule has 88 valence electrons. The highest BCUT2D eigenvalue weighted by Gasteiger charge is 2.30. The average Bonchev–Trinajstić information content (AvgIpc) is 2.19. The first-order chi connectivity index (χ1) is 7.30. The molecule has 6 heteroatoms. The zero-order valence-electron chi connectivity index (χ0n) is 8.63. The summed E-state index contributed by atoms with van der Waals surface area (Å²) in [5.74, 6) is -0.706. The van der Waals surface area contributed by atoms with Gasteiger partial charge in [0.25, 0.3) is 0 Å². The zero-order valence-corrected chi connectivity index (χ0v) is 10.3. The quantitative estimate of drug-likeness (QED) is 0.816. The first-order valence-corrected chi connectivity index (χ1v) is 6.64. The first kappa shape index (κ1) is 13.4. The fraction of sp³-hybridized carbons (Fsp3) is 0.300. The van der Waals surface area contributed by atoms with E-state index in [1.807, 2.05) is 0 Å². The summed E-state index contributed by atoms with van der Waals surface area (Å²) < 4.78 is 10.7. The third-order valence-electron chi connectivity index (χ3n) is 2.16. The number of rotatable bonds is 4. The Morgan fingerprint density at radius 2 is 1.88 bits per heavy atom. The molecule has 1 unspecified atom stereocenters. The van der Waals surface area contributed by atoms with E-state index in [0.29, 0.717) is 11.4 Å². The van der Waals surface area contributed by atoms with Crippen LogP contribution in [-0.2, 0) is 15.8 Å². The Bertz CT molecular complexity index is 423. The van der Waals surface area contributed by atoms with Crippen LogP contribution in [0.4, 0.5) is 0 Å². The van der Waals surface area contributed by atoms with Crippen LogP contribution in [0.5, 0.6) is 0 Å². The van der Waals surface area contributed by atoms with Crippen molar-refractivity contribution < 1.29 is 19.1 Å². The van der Waals surface area contributed by atoms with Gasteiger partial charge in [0, 0.05) is 10.9 Å². The Morgan fingerprint density at radius 1 is 1.38 bits per heavy atom. The molecule has 1 atom stereocenters. The molecule has 0 radical (unpaired) electrons. The lowest BCUT2D eigenvalue weighted by Gasteiger charge is -2.11. The van der Waals surface area contributed by atoms with Crippen molar-refractivity contribution in [1.82, 2.24) is 0 Å². The fourth-order valence-electron chi connectivity index (χ4n) is 1.35. The Kier molecular flexibility index (Phi) is 4.28. The lowest BCUT2D eigenvalue weighted by atomic mass is 10.0. The van der Waals surface area contributed by atoms with Crippen molar-refractivity contribution in [2.24, 2.45) is 5.92 Å².